The quantitative estimate of drug-likeness (QED) is 0.126. The maximum absolute atomic E-state index is 12.6. The number of benzene rings is 2. The van der Waals surface area contributed by atoms with Gasteiger partial charge in [-0.15, -0.1) is 0 Å². The molecule has 4 saturated heterocycles. The van der Waals surface area contributed by atoms with Crippen LogP contribution in [0.4, 0.5) is 45.2 Å². The maximum atomic E-state index is 12.6. The molecule has 4 atom stereocenters. The van der Waals surface area contributed by atoms with Crippen molar-refractivity contribution in [1.29, 1.82) is 0 Å². The van der Waals surface area contributed by atoms with Gasteiger partial charge in [0.25, 0.3) is 0 Å². The predicted octanol–water partition coefficient (Wildman–Crippen LogP) is 9.52. The van der Waals surface area contributed by atoms with Gasteiger partial charge in [-0.05, 0) is 71.7 Å². The third-order valence-corrected chi connectivity index (χ3v) is 13.2. The summed E-state index contributed by atoms with van der Waals surface area (Å²) in [6, 6.07) is 10.7. The van der Waals surface area contributed by atoms with E-state index in [9.17, 15) is 4.79 Å². The van der Waals surface area contributed by atoms with E-state index in [0.29, 0.717) is 121 Å². The number of amides is 1. The lowest BCUT2D eigenvalue weighted by molar-refractivity contribution is -0.113. The van der Waals surface area contributed by atoms with Gasteiger partial charge in [-0.2, -0.15) is 4.98 Å². The summed E-state index contributed by atoms with van der Waals surface area (Å²) in [4.78, 5) is 45.4. The van der Waals surface area contributed by atoms with Crippen LogP contribution in [0, 0.1) is 50.7 Å². The molecule has 0 spiro atoms. The number of halogens is 2. The van der Waals surface area contributed by atoms with Crippen LogP contribution in [0.5, 0.6) is 11.8 Å². The molecule has 4 unspecified atom stereocenters. The van der Waals surface area contributed by atoms with Crippen LogP contribution in [0.15, 0.2) is 53.6 Å². The van der Waals surface area contributed by atoms with E-state index >= 15 is 0 Å². The van der Waals surface area contributed by atoms with Crippen molar-refractivity contribution < 1.29 is 33.0 Å². The molecule has 69 heavy (non-hydrogen) atoms. The van der Waals surface area contributed by atoms with E-state index in [1.54, 1.807) is 41.3 Å². The van der Waals surface area contributed by atoms with E-state index in [4.69, 9.17) is 64.6 Å². The Hall–Kier alpha value is -6.51. The summed E-state index contributed by atoms with van der Waals surface area (Å²) >= 11 is 12.7. The van der Waals surface area contributed by atoms with Gasteiger partial charge in [-0.3, -0.25) is 0 Å². The van der Waals surface area contributed by atoms with Crippen molar-refractivity contribution in [3.8, 4) is 11.8 Å². The number of nitrogens with one attached hydrogen (secondary N) is 2. The average molecular weight is 980 g/mol. The first-order chi connectivity index (χ1) is 33.2. The lowest BCUT2D eigenvalue weighted by Crippen LogP contribution is -2.59. The zero-order valence-electron chi connectivity index (χ0n) is 38.8. The summed E-state index contributed by atoms with van der Waals surface area (Å²) in [5.74, 6) is 3.73. The largest absolute Gasteiger partial charge is 0.473 e. The minimum Gasteiger partial charge on any atom is -0.473 e. The minimum absolute atomic E-state index is 0.00130. The Morgan fingerprint density at radius 2 is 1.22 bits per heavy atom. The third-order valence-electron chi connectivity index (χ3n) is 12.5. The fourth-order valence-electron chi connectivity index (χ4n) is 8.90. The average Bonchev–Trinajstić information content (AvgIpc) is 4.05. The van der Waals surface area contributed by atoms with Crippen LogP contribution in [0.1, 0.15) is 56.5 Å². The number of anilines is 5. The van der Waals surface area contributed by atoms with Crippen LogP contribution < -0.4 is 25.0 Å². The normalized spacial score (nSPS) is 22.8. The van der Waals surface area contributed by atoms with Gasteiger partial charge in [-0.1, -0.05) is 40.5 Å². The number of aromatic nitrogens is 6. The molecule has 1 aliphatic carbocycles. The number of hydrogen-bond acceptors (Lipinski definition) is 16. The van der Waals surface area contributed by atoms with E-state index < -0.39 is 5.60 Å². The standard InChI is InChI=1S/C24H24ClN7O3.C24H28ClN5O4/c1-13-21(29-19-6-5-17(26-2)7-18(19)25)27-12-28-23(13)34-20-15-8-32(9-16(20)11-33-10-15)24-30-22(31-35-24)14-3-4-14;1-14-21(29-19-7-6-17(26-5)8-18(19)25)27-13-28-22(14)33-20-15-9-30(10-16(20)12-32-11-15)23(31)34-24(2,3)4/h5-7,12,14-16,20H,3-4,8-11H2,1H3,(H,27,28,29);6-8,13,15-16,20H,9-12H2,1-4H3,(H,27,28,29). The van der Waals surface area contributed by atoms with Crippen molar-refractivity contribution in [2.24, 2.45) is 23.7 Å². The monoisotopic (exact) mass is 978 g/mol. The molecule has 19 nitrogen and oxygen atoms in total. The van der Waals surface area contributed by atoms with E-state index in [2.05, 4.69) is 55.3 Å². The number of carbonyl (C=O) groups is 1. The molecule has 5 fully saturated rings. The molecule has 7 heterocycles. The van der Waals surface area contributed by atoms with Gasteiger partial charge >= 0.3 is 12.1 Å². The van der Waals surface area contributed by atoms with Crippen molar-refractivity contribution in [3.05, 3.63) is 98.9 Å². The van der Waals surface area contributed by atoms with Crippen molar-refractivity contribution in [2.45, 2.75) is 71.2 Å². The van der Waals surface area contributed by atoms with Crippen molar-refractivity contribution in [2.75, 3.05) is 68.1 Å². The van der Waals surface area contributed by atoms with Crippen LogP contribution >= 0.6 is 23.2 Å². The second-order valence-electron chi connectivity index (χ2n) is 18.9. The van der Waals surface area contributed by atoms with E-state index in [1.807, 2.05) is 34.6 Å². The number of likely N-dealkylation sites (tertiary alicyclic amines) is 1. The van der Waals surface area contributed by atoms with Crippen LogP contribution in [-0.2, 0) is 14.2 Å². The minimum atomic E-state index is -0.545. The smallest absolute Gasteiger partial charge is 0.410 e. The van der Waals surface area contributed by atoms with Gasteiger partial charge in [0.15, 0.2) is 17.2 Å². The van der Waals surface area contributed by atoms with Crippen molar-refractivity contribution in [1.82, 2.24) is 35.0 Å². The first-order valence-electron chi connectivity index (χ1n) is 22.8. The topological polar surface area (TPSA) is 193 Å². The highest BCUT2D eigenvalue weighted by atomic mass is 35.5. The van der Waals surface area contributed by atoms with E-state index in [-0.39, 0.29) is 42.0 Å². The summed E-state index contributed by atoms with van der Waals surface area (Å²) in [7, 11) is 0. The fraction of sp³-hybridized carbons (Fsp3) is 0.479. The molecular formula is C48H52Cl2N12O7. The number of rotatable bonds is 10. The number of ether oxygens (including phenoxy) is 5. The van der Waals surface area contributed by atoms with Gasteiger partial charge in [-0.25, -0.2) is 34.4 Å². The molecule has 4 aliphatic heterocycles. The highest BCUT2D eigenvalue weighted by Gasteiger charge is 2.46. The fourth-order valence-corrected chi connectivity index (χ4v) is 9.34. The van der Waals surface area contributed by atoms with Crippen molar-refractivity contribution in [3.63, 3.8) is 0 Å². The summed E-state index contributed by atoms with van der Waals surface area (Å²) in [5, 5.41) is 11.5. The van der Waals surface area contributed by atoms with Gasteiger partial charge in [0.05, 0.1) is 72.1 Å². The molecule has 21 heteroatoms. The zero-order chi connectivity index (χ0) is 48.4. The second kappa shape index (κ2) is 20.2. The first kappa shape index (κ1) is 47.6. The summed E-state index contributed by atoms with van der Waals surface area (Å²) in [6.07, 6.45) is 4.70. The molecule has 2 N–H and O–H groups in total. The molecular weight excluding hydrogens is 928 g/mol. The molecule has 4 bridgehead atoms. The van der Waals surface area contributed by atoms with E-state index in [0.717, 1.165) is 29.8 Å². The van der Waals surface area contributed by atoms with E-state index in [1.165, 1.54) is 12.7 Å². The Balaban J connectivity index is 0.000000172. The first-order valence-corrected chi connectivity index (χ1v) is 23.6. The highest BCUT2D eigenvalue weighted by Crippen LogP contribution is 2.41. The number of carbonyl (C=O) groups excluding carboxylic acids is 1. The lowest BCUT2D eigenvalue weighted by Gasteiger charge is -2.46. The Kier molecular flexibility index (Phi) is 13.9. The molecule has 5 aromatic rings. The maximum Gasteiger partial charge on any atom is 0.410 e. The molecule has 2 aromatic carbocycles. The summed E-state index contributed by atoms with van der Waals surface area (Å²) in [5.41, 5.74) is 3.22. The highest BCUT2D eigenvalue weighted by molar-refractivity contribution is 6.34. The van der Waals surface area contributed by atoms with Gasteiger partial charge in [0, 0.05) is 55.8 Å². The molecule has 360 valence electrons. The third kappa shape index (κ3) is 11.0. The van der Waals surface area contributed by atoms with Crippen LogP contribution in [0.25, 0.3) is 9.69 Å². The Morgan fingerprint density at radius 1 is 0.739 bits per heavy atom. The summed E-state index contributed by atoms with van der Waals surface area (Å²) < 4.78 is 35.6. The van der Waals surface area contributed by atoms with Crippen LogP contribution in [-0.4, -0.2) is 111 Å². The molecule has 3 aromatic heterocycles. The Bertz CT molecular complexity index is 2750. The predicted molar refractivity (Wildman–Crippen MR) is 256 cm³/mol. The molecule has 10 rings (SSSR count). The molecule has 5 aliphatic rings. The molecule has 0 radical (unpaired) electrons. The van der Waals surface area contributed by atoms with Crippen LogP contribution in [0.3, 0.4) is 0 Å². The van der Waals surface area contributed by atoms with Gasteiger partial charge in [0.2, 0.25) is 11.8 Å². The number of piperidine rings is 2. The van der Waals surface area contributed by atoms with Gasteiger partial charge in [0.1, 0.15) is 42.1 Å². The Morgan fingerprint density at radius 3 is 1.65 bits per heavy atom. The number of fused-ring (bicyclic) bond motifs is 4. The van der Waals surface area contributed by atoms with Crippen LogP contribution in [0.2, 0.25) is 10.0 Å². The van der Waals surface area contributed by atoms with Gasteiger partial charge < -0.3 is 48.6 Å². The molecule has 1 saturated carbocycles. The summed E-state index contributed by atoms with van der Waals surface area (Å²) in [6.45, 7) is 28.2. The SMILES string of the molecule is [C-]#[N+]c1ccc(Nc2ncnc(OC3C4COCC3CN(C(=O)OC(C)(C)C)C4)c2C)c(Cl)c1.[C-]#[N+]c1ccc(Nc2ncnc(OC3C4COCC3CN(c3nc(C5CC5)no3)C4)c2C)c(Cl)c1. The zero-order valence-corrected chi connectivity index (χ0v) is 40.3. The Labute approximate surface area is 409 Å². The van der Waals surface area contributed by atoms with Crippen molar-refractivity contribution >= 4 is 69.7 Å². The number of nitrogens with zero attached hydrogens (tertiary/aromatic N) is 10. The molecule has 1 amide bonds. The lowest BCUT2D eigenvalue weighted by atomic mass is 9.84. The number of hydrogen-bond donors (Lipinski definition) is 2. The second-order valence-corrected chi connectivity index (χ2v) is 19.7.